The molecule has 0 radical (unpaired) electrons. The molecular weight excluding hydrogens is 222 g/mol. The van der Waals surface area contributed by atoms with Crippen molar-refractivity contribution in [1.29, 1.82) is 0 Å². The van der Waals surface area contributed by atoms with E-state index in [1.165, 1.54) is 22.9 Å². The Morgan fingerprint density at radius 3 is 2.82 bits per heavy atom. The van der Waals surface area contributed by atoms with Crippen LogP contribution in [0.1, 0.15) is 26.2 Å². The topological polar surface area (TPSA) is 80.1 Å². The van der Waals surface area contributed by atoms with Gasteiger partial charge in [0.15, 0.2) is 0 Å². The van der Waals surface area contributed by atoms with Gasteiger partial charge in [0.25, 0.3) is 5.91 Å². The Labute approximate surface area is 99.7 Å². The van der Waals surface area contributed by atoms with Crippen LogP contribution in [-0.4, -0.2) is 38.9 Å². The summed E-state index contributed by atoms with van der Waals surface area (Å²) < 4.78 is 1.39. The highest BCUT2D eigenvalue weighted by atomic mass is 16.2. The van der Waals surface area contributed by atoms with Crippen LogP contribution in [0.15, 0.2) is 12.4 Å². The molecule has 17 heavy (non-hydrogen) atoms. The van der Waals surface area contributed by atoms with Crippen LogP contribution in [0.25, 0.3) is 0 Å². The second kappa shape index (κ2) is 6.62. The van der Waals surface area contributed by atoms with E-state index in [9.17, 15) is 9.59 Å². The first-order chi connectivity index (χ1) is 8.13. The number of nitrogens with zero attached hydrogens (tertiary/aromatic N) is 4. The Kier molecular flexibility index (Phi) is 5.12. The molecule has 0 atom stereocenters. The molecule has 1 rings (SSSR count). The third-order valence-corrected chi connectivity index (χ3v) is 2.19. The smallest absolute Gasteiger partial charge is 0.260 e. The van der Waals surface area contributed by atoms with Crippen LogP contribution in [-0.2, 0) is 16.1 Å². The summed E-state index contributed by atoms with van der Waals surface area (Å²) in [6.07, 6.45) is 5.28. The average Bonchev–Trinajstić information content (AvgIpc) is 2.78. The van der Waals surface area contributed by atoms with Crippen molar-refractivity contribution in [3.05, 3.63) is 12.4 Å². The molecule has 1 heterocycles. The second-order valence-corrected chi connectivity index (χ2v) is 3.69. The number of hydrogen-bond donors (Lipinski definition) is 1. The predicted octanol–water partition coefficient (Wildman–Crippen LogP) is -0.0421. The van der Waals surface area contributed by atoms with Crippen molar-refractivity contribution in [1.82, 2.24) is 25.4 Å². The van der Waals surface area contributed by atoms with Crippen LogP contribution < -0.4 is 5.43 Å². The zero-order chi connectivity index (χ0) is 12.7. The van der Waals surface area contributed by atoms with Crippen LogP contribution >= 0.6 is 0 Å². The van der Waals surface area contributed by atoms with E-state index in [0.717, 1.165) is 12.8 Å². The molecule has 0 saturated carbocycles. The molecule has 1 aromatic heterocycles. The fourth-order valence-corrected chi connectivity index (χ4v) is 1.24. The summed E-state index contributed by atoms with van der Waals surface area (Å²) in [5.74, 6) is -0.401. The van der Waals surface area contributed by atoms with Crippen LogP contribution in [0.2, 0.25) is 0 Å². The minimum absolute atomic E-state index is 0.0470. The highest BCUT2D eigenvalue weighted by Gasteiger charge is 2.11. The third-order valence-electron chi connectivity index (χ3n) is 2.19. The van der Waals surface area contributed by atoms with Crippen LogP contribution in [0.3, 0.4) is 0 Å². The molecule has 0 saturated heterocycles. The number of rotatable bonds is 5. The number of hydrazine groups is 1. The van der Waals surface area contributed by atoms with Crippen molar-refractivity contribution in [2.75, 3.05) is 7.05 Å². The highest BCUT2D eigenvalue weighted by Crippen LogP contribution is 1.96. The molecule has 0 aliphatic carbocycles. The summed E-state index contributed by atoms with van der Waals surface area (Å²) in [5, 5.41) is 8.46. The number of aromatic nitrogens is 3. The first kappa shape index (κ1) is 13.1. The van der Waals surface area contributed by atoms with Gasteiger partial charge in [-0.15, -0.1) is 5.10 Å². The molecular formula is C10H17N5O2. The maximum Gasteiger partial charge on any atom is 0.260 e. The molecule has 0 fully saturated rings. The van der Waals surface area contributed by atoms with Crippen molar-refractivity contribution in [3.63, 3.8) is 0 Å². The Balaban J connectivity index is 2.32. The molecule has 7 heteroatoms. The number of unbranched alkanes of at least 4 members (excludes halogenated alkanes) is 1. The van der Waals surface area contributed by atoms with Crippen molar-refractivity contribution in [3.8, 4) is 0 Å². The predicted molar refractivity (Wildman–Crippen MR) is 60.5 cm³/mol. The van der Waals surface area contributed by atoms with Crippen molar-refractivity contribution in [2.45, 2.75) is 32.7 Å². The van der Waals surface area contributed by atoms with E-state index >= 15 is 0 Å². The fraction of sp³-hybridized carbons (Fsp3) is 0.600. The Morgan fingerprint density at radius 2 is 2.24 bits per heavy atom. The Morgan fingerprint density at radius 1 is 1.47 bits per heavy atom. The molecule has 1 aromatic rings. The van der Waals surface area contributed by atoms with Gasteiger partial charge in [-0.1, -0.05) is 18.6 Å². The SMILES string of the molecule is CCCCC(=O)N(C)NC(=O)Cn1ccnn1. The van der Waals surface area contributed by atoms with Crippen LogP contribution in [0.4, 0.5) is 0 Å². The summed E-state index contributed by atoms with van der Waals surface area (Å²) in [5.41, 5.74) is 2.48. The molecule has 0 aliphatic heterocycles. The average molecular weight is 239 g/mol. The van der Waals surface area contributed by atoms with Gasteiger partial charge in [-0.05, 0) is 6.42 Å². The Hall–Kier alpha value is -1.92. The van der Waals surface area contributed by atoms with Gasteiger partial charge >= 0.3 is 0 Å². The molecule has 0 spiro atoms. The van der Waals surface area contributed by atoms with Gasteiger partial charge in [0.2, 0.25) is 5.91 Å². The minimum atomic E-state index is -0.303. The summed E-state index contributed by atoms with van der Waals surface area (Å²) in [6.45, 7) is 2.06. The number of hydrogen-bond acceptors (Lipinski definition) is 4. The molecule has 2 amide bonds. The standard InChI is InChI=1S/C10H17N5O2/c1-3-4-5-10(17)14(2)12-9(16)8-15-7-6-11-13-15/h6-7H,3-5,8H2,1-2H3,(H,12,16). The zero-order valence-corrected chi connectivity index (χ0v) is 10.1. The summed E-state index contributed by atoms with van der Waals surface area (Å²) >= 11 is 0. The molecule has 94 valence electrons. The molecule has 0 unspecified atom stereocenters. The number of nitrogens with one attached hydrogen (secondary N) is 1. The first-order valence-corrected chi connectivity index (χ1v) is 5.53. The fourth-order valence-electron chi connectivity index (χ4n) is 1.24. The monoisotopic (exact) mass is 239 g/mol. The van der Waals surface area contributed by atoms with Gasteiger partial charge in [0, 0.05) is 19.7 Å². The van der Waals surface area contributed by atoms with Crippen molar-refractivity contribution >= 4 is 11.8 Å². The number of amides is 2. The van der Waals surface area contributed by atoms with Gasteiger partial charge in [-0.25, -0.2) is 4.68 Å². The maximum absolute atomic E-state index is 11.5. The lowest BCUT2D eigenvalue weighted by Crippen LogP contribution is -2.44. The Bertz CT molecular complexity index is 363. The lowest BCUT2D eigenvalue weighted by atomic mass is 10.2. The summed E-state index contributed by atoms with van der Waals surface area (Å²) in [7, 11) is 1.54. The first-order valence-electron chi connectivity index (χ1n) is 5.53. The number of carbonyl (C=O) groups excluding carboxylic acids is 2. The van der Waals surface area contributed by atoms with Gasteiger partial charge in [0.1, 0.15) is 6.54 Å². The molecule has 0 aliphatic rings. The molecule has 7 nitrogen and oxygen atoms in total. The third kappa shape index (κ3) is 4.62. The van der Waals surface area contributed by atoms with E-state index in [1.807, 2.05) is 6.92 Å². The molecule has 1 N–H and O–H groups in total. The summed E-state index contributed by atoms with van der Waals surface area (Å²) in [4.78, 5) is 23.0. The van der Waals surface area contributed by atoms with Gasteiger partial charge in [0.05, 0.1) is 6.20 Å². The van der Waals surface area contributed by atoms with Gasteiger partial charge in [-0.3, -0.25) is 20.0 Å². The zero-order valence-electron chi connectivity index (χ0n) is 10.1. The van der Waals surface area contributed by atoms with Gasteiger partial charge < -0.3 is 0 Å². The van der Waals surface area contributed by atoms with E-state index in [-0.39, 0.29) is 18.4 Å². The van der Waals surface area contributed by atoms with Crippen molar-refractivity contribution < 1.29 is 9.59 Å². The maximum atomic E-state index is 11.5. The van der Waals surface area contributed by atoms with Gasteiger partial charge in [-0.2, -0.15) is 0 Å². The largest absolute Gasteiger partial charge is 0.273 e. The number of carbonyl (C=O) groups is 2. The second-order valence-electron chi connectivity index (χ2n) is 3.69. The normalized spacial score (nSPS) is 10.0. The quantitative estimate of drug-likeness (QED) is 0.731. The van der Waals surface area contributed by atoms with Crippen LogP contribution in [0, 0.1) is 0 Å². The highest BCUT2D eigenvalue weighted by molar-refractivity contribution is 5.81. The lowest BCUT2D eigenvalue weighted by molar-refractivity contribution is -0.140. The molecule has 0 bridgehead atoms. The van der Waals surface area contributed by atoms with E-state index in [2.05, 4.69) is 15.7 Å². The minimum Gasteiger partial charge on any atom is -0.273 e. The van der Waals surface area contributed by atoms with E-state index < -0.39 is 0 Å². The van der Waals surface area contributed by atoms with Crippen molar-refractivity contribution in [2.24, 2.45) is 0 Å². The lowest BCUT2D eigenvalue weighted by Gasteiger charge is -2.17. The van der Waals surface area contributed by atoms with E-state index in [4.69, 9.17) is 0 Å². The summed E-state index contributed by atoms with van der Waals surface area (Å²) in [6, 6.07) is 0. The molecule has 0 aromatic carbocycles. The van der Waals surface area contributed by atoms with E-state index in [0.29, 0.717) is 6.42 Å². The van der Waals surface area contributed by atoms with Crippen LogP contribution in [0.5, 0.6) is 0 Å². The van der Waals surface area contributed by atoms with E-state index in [1.54, 1.807) is 6.20 Å².